The fourth-order valence-electron chi connectivity index (χ4n) is 1.45. The van der Waals surface area contributed by atoms with Gasteiger partial charge in [-0.1, -0.05) is 33.0 Å². The number of hydrogen-bond acceptors (Lipinski definition) is 3. The van der Waals surface area contributed by atoms with Crippen LogP contribution in [-0.2, 0) is 10.3 Å². The molecule has 16 heavy (non-hydrogen) atoms. The molecule has 90 valence electrons. The van der Waals surface area contributed by atoms with Crippen LogP contribution in [0.3, 0.4) is 0 Å². The van der Waals surface area contributed by atoms with Gasteiger partial charge in [0.2, 0.25) is 0 Å². The number of ether oxygens (including phenoxy) is 1. The summed E-state index contributed by atoms with van der Waals surface area (Å²) in [7, 11) is 1.70. The normalized spacial score (nSPS) is 15.1. The summed E-state index contributed by atoms with van der Waals surface area (Å²) in [5, 5.41) is 0. The molecule has 1 aromatic heterocycles. The Morgan fingerprint density at radius 1 is 1.56 bits per heavy atom. The Kier molecular flexibility index (Phi) is 4.21. The van der Waals surface area contributed by atoms with Crippen molar-refractivity contribution >= 4 is 12.2 Å². The Hall–Kier alpha value is -0.740. The van der Waals surface area contributed by atoms with Crippen molar-refractivity contribution in [3.8, 4) is 0 Å². The van der Waals surface area contributed by atoms with Gasteiger partial charge in [0.05, 0.1) is 0 Å². The molecule has 1 aromatic rings. The minimum Gasteiger partial charge on any atom is -0.371 e. The van der Waals surface area contributed by atoms with Crippen LogP contribution in [0, 0.1) is 4.64 Å². The van der Waals surface area contributed by atoms with Gasteiger partial charge in [-0.15, -0.1) is 0 Å². The van der Waals surface area contributed by atoms with Crippen molar-refractivity contribution in [2.45, 2.75) is 45.6 Å². The van der Waals surface area contributed by atoms with Crippen LogP contribution in [0.25, 0.3) is 0 Å². The average molecular weight is 240 g/mol. The molecule has 4 heteroatoms. The third kappa shape index (κ3) is 2.68. The van der Waals surface area contributed by atoms with Gasteiger partial charge in [0, 0.05) is 12.8 Å². The van der Waals surface area contributed by atoms with Gasteiger partial charge in [-0.25, -0.2) is 4.98 Å². The molecular weight excluding hydrogens is 220 g/mol. The van der Waals surface area contributed by atoms with Gasteiger partial charge in [0.15, 0.2) is 0 Å². The third-order valence-corrected chi connectivity index (χ3v) is 3.22. The van der Waals surface area contributed by atoms with E-state index in [0.29, 0.717) is 10.6 Å². The fourth-order valence-corrected chi connectivity index (χ4v) is 1.66. The van der Waals surface area contributed by atoms with Crippen LogP contribution in [-0.4, -0.2) is 17.1 Å². The second-order valence-electron chi connectivity index (χ2n) is 4.47. The summed E-state index contributed by atoms with van der Waals surface area (Å²) in [5.74, 6) is 1.22. The summed E-state index contributed by atoms with van der Waals surface area (Å²) in [5.41, 5.74) is 0.713. The van der Waals surface area contributed by atoms with E-state index in [2.05, 4.69) is 30.7 Å². The van der Waals surface area contributed by atoms with Crippen LogP contribution >= 0.6 is 12.2 Å². The molecule has 0 aliphatic rings. The topological polar surface area (TPSA) is 37.9 Å². The van der Waals surface area contributed by atoms with Gasteiger partial charge in [-0.3, -0.25) is 0 Å². The zero-order valence-corrected chi connectivity index (χ0v) is 11.4. The van der Waals surface area contributed by atoms with E-state index < -0.39 is 5.60 Å². The Morgan fingerprint density at radius 2 is 2.19 bits per heavy atom. The number of rotatable bonds is 4. The molecule has 0 aliphatic heterocycles. The monoisotopic (exact) mass is 240 g/mol. The summed E-state index contributed by atoms with van der Waals surface area (Å²) in [6.45, 7) is 8.34. The zero-order chi connectivity index (χ0) is 12.3. The summed E-state index contributed by atoms with van der Waals surface area (Å²) in [4.78, 5) is 7.69. The van der Waals surface area contributed by atoms with Gasteiger partial charge in [-0.05, 0) is 25.3 Å². The number of nitrogens with zero attached hydrogens (tertiary/aromatic N) is 1. The van der Waals surface area contributed by atoms with Crippen LogP contribution in [0.1, 0.15) is 51.6 Å². The minimum atomic E-state index is -0.390. The number of H-pyrrole nitrogens is 1. The Morgan fingerprint density at radius 3 is 2.62 bits per heavy atom. The van der Waals surface area contributed by atoms with Crippen molar-refractivity contribution in [1.29, 1.82) is 0 Å². The van der Waals surface area contributed by atoms with Crippen LogP contribution in [0.5, 0.6) is 0 Å². The van der Waals surface area contributed by atoms with Crippen molar-refractivity contribution in [3.63, 3.8) is 0 Å². The first-order valence-corrected chi connectivity index (χ1v) is 6.00. The van der Waals surface area contributed by atoms with E-state index in [1.54, 1.807) is 7.11 Å². The first-order chi connectivity index (χ1) is 7.42. The molecular formula is C12H20N2OS. The molecule has 0 bridgehead atoms. The molecule has 0 amide bonds. The minimum absolute atomic E-state index is 0.390. The highest BCUT2D eigenvalue weighted by Gasteiger charge is 2.27. The second kappa shape index (κ2) is 5.06. The van der Waals surface area contributed by atoms with Gasteiger partial charge in [0.25, 0.3) is 0 Å². The molecule has 0 saturated carbocycles. The van der Waals surface area contributed by atoms with Gasteiger partial charge in [0.1, 0.15) is 16.1 Å². The van der Waals surface area contributed by atoms with E-state index in [0.717, 1.165) is 17.9 Å². The number of aromatic amines is 1. The van der Waals surface area contributed by atoms with E-state index in [-0.39, 0.29) is 0 Å². The quantitative estimate of drug-likeness (QED) is 0.818. The highest BCUT2D eigenvalue weighted by Crippen LogP contribution is 2.26. The Bertz CT molecular complexity index is 408. The van der Waals surface area contributed by atoms with Crippen molar-refractivity contribution in [2.75, 3.05) is 7.11 Å². The highest BCUT2D eigenvalue weighted by molar-refractivity contribution is 7.71. The molecule has 0 aliphatic carbocycles. The molecule has 1 rings (SSSR count). The maximum absolute atomic E-state index is 5.52. The van der Waals surface area contributed by atoms with Crippen LogP contribution in [0.4, 0.5) is 0 Å². The van der Waals surface area contributed by atoms with E-state index in [9.17, 15) is 0 Å². The summed E-state index contributed by atoms with van der Waals surface area (Å²) < 4.78 is 6.14. The lowest BCUT2D eigenvalue weighted by molar-refractivity contribution is -0.00927. The highest BCUT2D eigenvalue weighted by atomic mass is 32.1. The first kappa shape index (κ1) is 13.3. The summed E-state index contributed by atoms with van der Waals surface area (Å²) in [6.07, 6.45) is 0.851. The molecule has 0 fully saturated rings. The lowest BCUT2D eigenvalue weighted by Crippen LogP contribution is -2.27. The van der Waals surface area contributed by atoms with Crippen LogP contribution in [0.15, 0.2) is 6.07 Å². The van der Waals surface area contributed by atoms with E-state index in [4.69, 9.17) is 17.0 Å². The van der Waals surface area contributed by atoms with Gasteiger partial charge < -0.3 is 9.72 Å². The molecule has 0 saturated heterocycles. The standard InChI is InChI=1S/C12H20N2OS/c1-6-12(4,15-5)11-13-9(8(2)3)7-10(16)14-11/h7-8H,6H2,1-5H3,(H,13,14,16). The third-order valence-electron chi connectivity index (χ3n) is 3.01. The van der Waals surface area contributed by atoms with Crippen molar-refractivity contribution in [1.82, 2.24) is 9.97 Å². The molecule has 1 N–H and O–H groups in total. The van der Waals surface area contributed by atoms with Gasteiger partial charge in [-0.2, -0.15) is 0 Å². The molecule has 3 nitrogen and oxygen atoms in total. The maximum Gasteiger partial charge on any atom is 0.139 e. The van der Waals surface area contributed by atoms with Crippen molar-refractivity contribution in [2.24, 2.45) is 0 Å². The lowest BCUT2D eigenvalue weighted by atomic mass is 10.0. The summed E-state index contributed by atoms with van der Waals surface area (Å²) in [6, 6.07) is 1.91. The molecule has 0 spiro atoms. The Balaban J connectivity index is 3.29. The maximum atomic E-state index is 5.52. The smallest absolute Gasteiger partial charge is 0.139 e. The molecule has 1 unspecified atom stereocenters. The van der Waals surface area contributed by atoms with Gasteiger partial charge >= 0.3 is 0 Å². The van der Waals surface area contributed by atoms with E-state index in [1.165, 1.54) is 0 Å². The van der Waals surface area contributed by atoms with E-state index >= 15 is 0 Å². The largest absolute Gasteiger partial charge is 0.371 e. The number of aromatic nitrogens is 2. The van der Waals surface area contributed by atoms with E-state index in [1.807, 2.05) is 13.0 Å². The molecule has 1 atom stereocenters. The Labute approximate surface area is 102 Å². The predicted molar refractivity (Wildman–Crippen MR) is 68.2 cm³/mol. The van der Waals surface area contributed by atoms with Crippen molar-refractivity contribution < 1.29 is 4.74 Å². The first-order valence-electron chi connectivity index (χ1n) is 5.60. The SMILES string of the molecule is CCC(C)(OC)c1nc(=S)cc(C(C)C)[nH]1. The van der Waals surface area contributed by atoms with Crippen molar-refractivity contribution in [3.05, 3.63) is 22.2 Å². The molecule has 0 radical (unpaired) electrons. The average Bonchev–Trinajstić information content (AvgIpc) is 2.27. The predicted octanol–water partition coefficient (Wildman–Crippen LogP) is 3.53. The zero-order valence-electron chi connectivity index (χ0n) is 10.6. The molecule has 0 aromatic carbocycles. The van der Waals surface area contributed by atoms with Crippen LogP contribution < -0.4 is 0 Å². The number of hydrogen-bond donors (Lipinski definition) is 1. The second-order valence-corrected chi connectivity index (χ2v) is 4.88. The fraction of sp³-hybridized carbons (Fsp3) is 0.667. The molecule has 1 heterocycles. The summed E-state index contributed by atoms with van der Waals surface area (Å²) >= 11 is 5.18. The number of nitrogens with one attached hydrogen (secondary N) is 1. The number of methoxy groups -OCH3 is 1. The van der Waals surface area contributed by atoms with Crippen LogP contribution in [0.2, 0.25) is 0 Å². The lowest BCUT2D eigenvalue weighted by Gasteiger charge is -2.26.